The van der Waals surface area contributed by atoms with Gasteiger partial charge in [-0.2, -0.15) is 0 Å². The second kappa shape index (κ2) is 7.19. The minimum Gasteiger partial charge on any atom is -0.487 e. The number of nitrogens with zero attached hydrogens (tertiary/aromatic N) is 2. The Labute approximate surface area is 151 Å². The van der Waals surface area contributed by atoms with Crippen LogP contribution >= 0.6 is 0 Å². The molecule has 0 saturated heterocycles. The zero-order valence-corrected chi connectivity index (χ0v) is 15.1. The zero-order valence-electron chi connectivity index (χ0n) is 15.1. The van der Waals surface area contributed by atoms with Gasteiger partial charge in [-0.25, -0.2) is 0 Å². The summed E-state index contributed by atoms with van der Waals surface area (Å²) in [5.74, 6) is 2.65. The highest BCUT2D eigenvalue weighted by atomic mass is 16.6. The first-order chi connectivity index (χ1) is 12.4. The van der Waals surface area contributed by atoms with E-state index in [9.17, 15) is 14.9 Å². The second-order valence-corrected chi connectivity index (χ2v) is 6.66. The molecule has 138 valence electrons. The molecule has 0 aliphatic heterocycles. The topological polar surface area (TPSA) is 85.8 Å². The van der Waals surface area contributed by atoms with Crippen molar-refractivity contribution in [2.45, 2.75) is 32.7 Å². The Hall–Kier alpha value is -2.83. The van der Waals surface area contributed by atoms with Crippen molar-refractivity contribution in [1.82, 2.24) is 4.90 Å². The van der Waals surface area contributed by atoms with Crippen LogP contribution in [0.5, 0.6) is 5.75 Å². The summed E-state index contributed by atoms with van der Waals surface area (Å²) in [6, 6.07) is 8.09. The van der Waals surface area contributed by atoms with Crippen molar-refractivity contribution < 1.29 is 18.9 Å². The van der Waals surface area contributed by atoms with Crippen LogP contribution in [-0.2, 0) is 6.54 Å². The van der Waals surface area contributed by atoms with E-state index in [4.69, 9.17) is 9.15 Å². The molecule has 1 aliphatic carbocycles. The highest BCUT2D eigenvalue weighted by Gasteiger charge is 2.36. The SMILES string of the molecule is CCOc1ccc(C(=O)N(C)Cc2ccc(C3CC3C)o2)cc1[N+](=O)[O-]. The number of rotatable bonds is 7. The predicted octanol–water partition coefficient (Wildman–Crippen LogP) is 3.98. The maximum Gasteiger partial charge on any atom is 0.311 e. The Morgan fingerprint density at radius 2 is 2.12 bits per heavy atom. The molecule has 1 amide bonds. The molecule has 0 radical (unpaired) electrons. The van der Waals surface area contributed by atoms with Crippen LogP contribution in [0.3, 0.4) is 0 Å². The van der Waals surface area contributed by atoms with Crippen LogP contribution in [-0.4, -0.2) is 29.4 Å². The minimum absolute atomic E-state index is 0.158. The van der Waals surface area contributed by atoms with Gasteiger partial charge >= 0.3 is 5.69 Å². The molecule has 0 N–H and O–H groups in total. The van der Waals surface area contributed by atoms with Crippen molar-refractivity contribution in [3.05, 3.63) is 57.5 Å². The number of nitro groups is 1. The summed E-state index contributed by atoms with van der Waals surface area (Å²) in [4.78, 5) is 24.8. The largest absolute Gasteiger partial charge is 0.487 e. The van der Waals surface area contributed by atoms with Gasteiger partial charge in [0, 0.05) is 24.6 Å². The van der Waals surface area contributed by atoms with Crippen molar-refractivity contribution in [3.63, 3.8) is 0 Å². The third kappa shape index (κ3) is 3.71. The Bertz CT molecular complexity index is 829. The summed E-state index contributed by atoms with van der Waals surface area (Å²) < 4.78 is 11.1. The molecule has 7 heteroatoms. The monoisotopic (exact) mass is 358 g/mol. The van der Waals surface area contributed by atoms with Gasteiger partial charge < -0.3 is 14.1 Å². The van der Waals surface area contributed by atoms with Gasteiger partial charge in [-0.3, -0.25) is 14.9 Å². The van der Waals surface area contributed by atoms with E-state index < -0.39 is 4.92 Å². The van der Waals surface area contributed by atoms with Crippen LogP contribution in [0.1, 0.15) is 48.1 Å². The van der Waals surface area contributed by atoms with Crippen LogP contribution in [0.4, 0.5) is 5.69 Å². The highest BCUT2D eigenvalue weighted by Crippen LogP contribution is 2.47. The fourth-order valence-corrected chi connectivity index (χ4v) is 2.99. The van der Waals surface area contributed by atoms with E-state index in [0.717, 1.165) is 12.2 Å². The van der Waals surface area contributed by atoms with Crippen LogP contribution < -0.4 is 4.74 Å². The van der Waals surface area contributed by atoms with E-state index in [2.05, 4.69) is 6.92 Å². The third-order valence-electron chi connectivity index (χ3n) is 4.60. The molecule has 26 heavy (non-hydrogen) atoms. The van der Waals surface area contributed by atoms with Crippen LogP contribution in [0.25, 0.3) is 0 Å². The number of ether oxygens (including phenoxy) is 1. The maximum absolute atomic E-state index is 12.6. The number of nitro benzene ring substituents is 1. The standard InChI is InChI=1S/C19H22N2O5/c1-4-25-18-7-5-13(10-16(18)21(23)24)19(22)20(3)11-14-6-8-17(26-14)15-9-12(15)2/h5-8,10,12,15H,4,9,11H2,1-3H3. The lowest BCUT2D eigenvalue weighted by Crippen LogP contribution is -2.26. The van der Waals surface area contributed by atoms with Crippen molar-refractivity contribution in [1.29, 1.82) is 0 Å². The molecule has 2 atom stereocenters. The van der Waals surface area contributed by atoms with Gasteiger partial charge in [-0.1, -0.05) is 6.92 Å². The van der Waals surface area contributed by atoms with Crippen LogP contribution in [0.2, 0.25) is 0 Å². The smallest absolute Gasteiger partial charge is 0.311 e. The number of carbonyl (C=O) groups excluding carboxylic acids is 1. The molecule has 2 unspecified atom stereocenters. The fraction of sp³-hybridized carbons (Fsp3) is 0.421. The lowest BCUT2D eigenvalue weighted by molar-refractivity contribution is -0.385. The molecule has 1 heterocycles. The van der Waals surface area contributed by atoms with E-state index in [-0.39, 0.29) is 22.9 Å². The summed E-state index contributed by atoms with van der Waals surface area (Å²) in [7, 11) is 1.65. The van der Waals surface area contributed by atoms with E-state index in [1.165, 1.54) is 23.1 Å². The van der Waals surface area contributed by atoms with Gasteiger partial charge in [0.05, 0.1) is 18.1 Å². The number of carbonyl (C=O) groups is 1. The van der Waals surface area contributed by atoms with Crippen molar-refractivity contribution in [2.24, 2.45) is 5.92 Å². The van der Waals surface area contributed by atoms with E-state index in [0.29, 0.717) is 30.7 Å². The number of furan rings is 1. The molecule has 0 spiro atoms. The molecule has 1 aliphatic rings. The summed E-state index contributed by atoms with van der Waals surface area (Å²) in [5, 5.41) is 11.2. The van der Waals surface area contributed by atoms with Crippen molar-refractivity contribution >= 4 is 11.6 Å². The summed E-state index contributed by atoms with van der Waals surface area (Å²) in [6.45, 7) is 4.55. The first-order valence-corrected chi connectivity index (χ1v) is 8.66. The van der Waals surface area contributed by atoms with Crippen LogP contribution in [0, 0.1) is 16.0 Å². The molecular weight excluding hydrogens is 336 g/mol. The second-order valence-electron chi connectivity index (χ2n) is 6.66. The lowest BCUT2D eigenvalue weighted by atomic mass is 10.1. The first kappa shape index (κ1) is 18.0. The predicted molar refractivity (Wildman–Crippen MR) is 95.3 cm³/mol. The molecule has 2 aromatic rings. The average Bonchev–Trinajstić information content (AvgIpc) is 3.16. The van der Waals surface area contributed by atoms with Gasteiger partial charge in [0.2, 0.25) is 0 Å². The maximum atomic E-state index is 12.6. The lowest BCUT2D eigenvalue weighted by Gasteiger charge is -2.16. The molecule has 0 bridgehead atoms. The number of benzene rings is 1. The number of hydrogen-bond donors (Lipinski definition) is 0. The molecule has 1 aromatic heterocycles. The highest BCUT2D eigenvalue weighted by molar-refractivity contribution is 5.95. The Balaban J connectivity index is 1.72. The summed E-state index contributed by atoms with van der Waals surface area (Å²) in [5.41, 5.74) is 0.0272. The van der Waals surface area contributed by atoms with Crippen molar-refractivity contribution in [2.75, 3.05) is 13.7 Å². The van der Waals surface area contributed by atoms with Gasteiger partial charge in [0.1, 0.15) is 11.5 Å². The van der Waals surface area contributed by atoms with E-state index in [1.807, 2.05) is 12.1 Å². The fourth-order valence-electron chi connectivity index (χ4n) is 2.99. The molecule has 1 aromatic carbocycles. The van der Waals surface area contributed by atoms with Gasteiger partial charge in [-0.15, -0.1) is 0 Å². The summed E-state index contributed by atoms with van der Waals surface area (Å²) in [6.07, 6.45) is 1.14. The first-order valence-electron chi connectivity index (χ1n) is 8.66. The average molecular weight is 358 g/mol. The van der Waals surface area contributed by atoms with E-state index in [1.54, 1.807) is 14.0 Å². The van der Waals surface area contributed by atoms with Gasteiger partial charge in [0.25, 0.3) is 5.91 Å². The van der Waals surface area contributed by atoms with E-state index >= 15 is 0 Å². The van der Waals surface area contributed by atoms with Gasteiger partial charge in [-0.05, 0) is 43.5 Å². The third-order valence-corrected chi connectivity index (χ3v) is 4.60. The van der Waals surface area contributed by atoms with Gasteiger partial charge in [0.15, 0.2) is 5.75 Å². The zero-order chi connectivity index (χ0) is 18.8. The Morgan fingerprint density at radius 1 is 1.38 bits per heavy atom. The molecular formula is C19H22N2O5. The normalized spacial score (nSPS) is 18.4. The number of amides is 1. The molecule has 7 nitrogen and oxygen atoms in total. The molecule has 1 saturated carbocycles. The molecule has 3 rings (SSSR count). The summed E-state index contributed by atoms with van der Waals surface area (Å²) >= 11 is 0. The Morgan fingerprint density at radius 3 is 2.73 bits per heavy atom. The number of hydrogen-bond acceptors (Lipinski definition) is 5. The quantitative estimate of drug-likeness (QED) is 0.552. The van der Waals surface area contributed by atoms with Crippen LogP contribution in [0.15, 0.2) is 34.7 Å². The minimum atomic E-state index is -0.544. The molecule has 1 fully saturated rings. The van der Waals surface area contributed by atoms with Crippen molar-refractivity contribution in [3.8, 4) is 5.75 Å². The Kier molecular flexibility index (Phi) is 4.97.